The molecule has 7 nitrogen and oxygen atoms in total. The maximum atomic E-state index is 12.2. The second-order valence-corrected chi connectivity index (χ2v) is 6.51. The van der Waals surface area contributed by atoms with Gasteiger partial charge in [-0.1, -0.05) is 18.2 Å². The zero-order valence-corrected chi connectivity index (χ0v) is 15.4. The minimum absolute atomic E-state index is 0.165. The van der Waals surface area contributed by atoms with E-state index in [0.29, 0.717) is 18.1 Å². The van der Waals surface area contributed by atoms with Crippen molar-refractivity contribution in [2.45, 2.75) is 12.8 Å². The van der Waals surface area contributed by atoms with Crippen LogP contribution in [-0.4, -0.2) is 72.1 Å². The average molecular weight is 362 g/mol. The second kappa shape index (κ2) is 10.4. The van der Waals surface area contributed by atoms with Gasteiger partial charge in [0.05, 0.1) is 0 Å². The van der Waals surface area contributed by atoms with Gasteiger partial charge in [-0.2, -0.15) is 0 Å². The van der Waals surface area contributed by atoms with E-state index in [-0.39, 0.29) is 5.91 Å². The number of amides is 1. The highest BCUT2D eigenvalue weighted by atomic mass is 16.4. The van der Waals surface area contributed by atoms with E-state index < -0.39 is 11.9 Å². The van der Waals surface area contributed by atoms with Crippen LogP contribution in [-0.2, 0) is 16.0 Å². The van der Waals surface area contributed by atoms with E-state index in [9.17, 15) is 14.4 Å². The van der Waals surface area contributed by atoms with Gasteiger partial charge in [0.15, 0.2) is 0 Å². The Morgan fingerprint density at radius 2 is 1.77 bits per heavy atom. The Morgan fingerprint density at radius 3 is 2.31 bits per heavy atom. The number of carbonyl (C=O) groups excluding carboxylic acids is 1. The van der Waals surface area contributed by atoms with E-state index in [2.05, 4.69) is 25.1 Å². The number of benzene rings is 1. The van der Waals surface area contributed by atoms with Crippen LogP contribution < -0.4 is 0 Å². The summed E-state index contributed by atoms with van der Waals surface area (Å²) in [5, 5.41) is 15.6. The molecule has 0 saturated heterocycles. The Balaban J connectivity index is 0.000000359. The Morgan fingerprint density at radius 1 is 1.19 bits per heavy atom. The van der Waals surface area contributed by atoms with Crippen molar-refractivity contribution in [2.75, 3.05) is 34.2 Å². The smallest absolute Gasteiger partial charge is 0.328 e. The molecular weight excluding hydrogens is 336 g/mol. The Kier molecular flexibility index (Phi) is 8.51. The van der Waals surface area contributed by atoms with Crippen molar-refractivity contribution in [3.63, 3.8) is 0 Å². The SMILES string of the molecule is CN(C)CCC1Cc2ccccc2C(=O)N(C)C1.O=C(O)/C=C/C(=O)O. The third-order valence-electron chi connectivity index (χ3n) is 3.99. The van der Waals surface area contributed by atoms with Crippen molar-refractivity contribution in [1.29, 1.82) is 0 Å². The zero-order valence-electron chi connectivity index (χ0n) is 15.4. The van der Waals surface area contributed by atoms with Crippen molar-refractivity contribution in [3.05, 3.63) is 47.5 Å². The lowest BCUT2D eigenvalue weighted by Crippen LogP contribution is -2.31. The van der Waals surface area contributed by atoms with Crippen LogP contribution in [0.5, 0.6) is 0 Å². The molecule has 1 atom stereocenters. The normalized spacial score (nSPS) is 16.7. The average Bonchev–Trinajstić information content (AvgIpc) is 2.69. The largest absolute Gasteiger partial charge is 0.478 e. The molecular formula is C19H26N2O5. The summed E-state index contributed by atoms with van der Waals surface area (Å²) in [7, 11) is 6.10. The molecule has 0 aromatic heterocycles. The molecule has 0 fully saturated rings. The number of carbonyl (C=O) groups is 3. The molecule has 1 aromatic rings. The van der Waals surface area contributed by atoms with Crippen LogP contribution in [0.15, 0.2) is 36.4 Å². The molecule has 2 rings (SSSR count). The molecule has 0 saturated carbocycles. The molecule has 2 N–H and O–H groups in total. The molecule has 1 aromatic carbocycles. The van der Waals surface area contributed by atoms with Crippen molar-refractivity contribution in [1.82, 2.24) is 9.80 Å². The number of hydrogen-bond donors (Lipinski definition) is 2. The molecule has 0 bridgehead atoms. The highest BCUT2D eigenvalue weighted by molar-refractivity contribution is 5.95. The summed E-state index contributed by atoms with van der Waals surface area (Å²) in [5.74, 6) is -1.79. The number of hydrogen-bond acceptors (Lipinski definition) is 4. The number of carboxylic acids is 2. The molecule has 7 heteroatoms. The molecule has 1 unspecified atom stereocenters. The fourth-order valence-corrected chi connectivity index (χ4v) is 2.74. The van der Waals surface area contributed by atoms with Gasteiger partial charge < -0.3 is 20.0 Å². The maximum Gasteiger partial charge on any atom is 0.328 e. The Labute approximate surface area is 153 Å². The summed E-state index contributed by atoms with van der Waals surface area (Å²) in [5.41, 5.74) is 2.09. The van der Waals surface area contributed by atoms with Crippen molar-refractivity contribution in [2.24, 2.45) is 5.92 Å². The van der Waals surface area contributed by atoms with Gasteiger partial charge in [0.1, 0.15) is 0 Å². The predicted octanol–water partition coefficient (Wildman–Crippen LogP) is 1.59. The highest BCUT2D eigenvalue weighted by Gasteiger charge is 2.24. The van der Waals surface area contributed by atoms with E-state index in [1.54, 1.807) is 0 Å². The van der Waals surface area contributed by atoms with Gasteiger partial charge in [-0.15, -0.1) is 0 Å². The van der Waals surface area contributed by atoms with Crippen LogP contribution in [0.25, 0.3) is 0 Å². The minimum atomic E-state index is -1.26. The molecule has 1 aliphatic rings. The molecule has 0 spiro atoms. The molecule has 0 radical (unpaired) electrons. The fraction of sp³-hybridized carbons (Fsp3) is 0.421. The van der Waals surface area contributed by atoms with E-state index in [0.717, 1.165) is 31.5 Å². The lowest BCUT2D eigenvalue weighted by Gasteiger charge is -2.21. The first-order valence-electron chi connectivity index (χ1n) is 8.32. The minimum Gasteiger partial charge on any atom is -0.478 e. The van der Waals surface area contributed by atoms with E-state index in [4.69, 9.17) is 10.2 Å². The first-order valence-corrected chi connectivity index (χ1v) is 8.32. The fourth-order valence-electron chi connectivity index (χ4n) is 2.74. The van der Waals surface area contributed by atoms with Crippen LogP contribution in [0, 0.1) is 5.92 Å². The molecule has 26 heavy (non-hydrogen) atoms. The number of nitrogens with zero attached hydrogens (tertiary/aromatic N) is 2. The van der Waals surface area contributed by atoms with Gasteiger partial charge in [0, 0.05) is 31.3 Å². The molecule has 1 aliphatic heterocycles. The van der Waals surface area contributed by atoms with Gasteiger partial charge in [-0.25, -0.2) is 9.59 Å². The first-order chi connectivity index (χ1) is 12.2. The molecule has 0 aliphatic carbocycles. The molecule has 1 amide bonds. The quantitative estimate of drug-likeness (QED) is 0.772. The number of aliphatic carboxylic acids is 2. The predicted molar refractivity (Wildman–Crippen MR) is 98.2 cm³/mol. The zero-order chi connectivity index (χ0) is 19.7. The Hall–Kier alpha value is -2.67. The van der Waals surface area contributed by atoms with Gasteiger partial charge >= 0.3 is 11.9 Å². The Bertz CT molecular complexity index is 654. The van der Waals surface area contributed by atoms with Crippen LogP contribution in [0.4, 0.5) is 0 Å². The van der Waals surface area contributed by atoms with Gasteiger partial charge in [-0.05, 0) is 51.0 Å². The third kappa shape index (κ3) is 7.48. The highest BCUT2D eigenvalue weighted by Crippen LogP contribution is 2.23. The first kappa shape index (κ1) is 21.4. The summed E-state index contributed by atoms with van der Waals surface area (Å²) < 4.78 is 0. The summed E-state index contributed by atoms with van der Waals surface area (Å²) in [6.45, 7) is 1.94. The van der Waals surface area contributed by atoms with Crippen LogP contribution >= 0.6 is 0 Å². The monoisotopic (exact) mass is 362 g/mol. The summed E-state index contributed by atoms with van der Waals surface area (Å²) in [6.07, 6.45) is 3.27. The molecule has 142 valence electrons. The van der Waals surface area contributed by atoms with Crippen LogP contribution in [0.1, 0.15) is 22.3 Å². The number of fused-ring (bicyclic) bond motifs is 1. The summed E-state index contributed by atoms with van der Waals surface area (Å²) in [4.78, 5) is 35.4. The van der Waals surface area contributed by atoms with Gasteiger partial charge in [0.25, 0.3) is 5.91 Å². The van der Waals surface area contributed by atoms with Gasteiger partial charge in [-0.3, -0.25) is 4.79 Å². The maximum absolute atomic E-state index is 12.2. The van der Waals surface area contributed by atoms with Crippen molar-refractivity contribution >= 4 is 17.8 Å². The number of rotatable bonds is 5. The molecule has 1 heterocycles. The number of carboxylic acid groups (broad SMARTS) is 2. The topological polar surface area (TPSA) is 98.2 Å². The summed E-state index contributed by atoms with van der Waals surface area (Å²) in [6, 6.07) is 8.02. The lowest BCUT2D eigenvalue weighted by molar-refractivity contribution is -0.134. The van der Waals surface area contributed by atoms with E-state index in [1.807, 2.05) is 30.1 Å². The summed E-state index contributed by atoms with van der Waals surface area (Å²) >= 11 is 0. The van der Waals surface area contributed by atoms with Crippen molar-refractivity contribution < 1.29 is 24.6 Å². The third-order valence-corrected chi connectivity index (χ3v) is 3.99. The van der Waals surface area contributed by atoms with Gasteiger partial charge in [0.2, 0.25) is 0 Å². The van der Waals surface area contributed by atoms with Crippen LogP contribution in [0.3, 0.4) is 0 Å². The van der Waals surface area contributed by atoms with E-state index >= 15 is 0 Å². The van der Waals surface area contributed by atoms with Crippen molar-refractivity contribution in [3.8, 4) is 0 Å². The second-order valence-electron chi connectivity index (χ2n) is 6.51. The lowest BCUT2D eigenvalue weighted by atomic mass is 9.95. The van der Waals surface area contributed by atoms with Crippen LogP contribution in [0.2, 0.25) is 0 Å². The van der Waals surface area contributed by atoms with E-state index in [1.165, 1.54) is 5.56 Å². The standard InChI is InChI=1S/C15H22N2O.C4H4O4/c1-16(2)9-8-12-10-13-6-4-5-7-14(13)15(18)17(3)11-12;5-3(6)1-2-4(7)8/h4-7,12H,8-11H2,1-3H3;1-2H,(H,5,6)(H,7,8)/b;2-1+.